The number of carbonyl (C=O) groups is 1. The summed E-state index contributed by atoms with van der Waals surface area (Å²) < 4.78 is 0. The molecule has 1 aromatic rings. The van der Waals surface area contributed by atoms with E-state index in [2.05, 4.69) is 9.78 Å². The van der Waals surface area contributed by atoms with Crippen LogP contribution in [0.2, 0.25) is 0 Å². The third kappa shape index (κ3) is 2.34. The first-order chi connectivity index (χ1) is 7.91. The lowest BCUT2D eigenvalue weighted by Gasteiger charge is -2.14. The Bertz CT molecular complexity index is 422. The third-order valence-electron chi connectivity index (χ3n) is 2.77. The van der Waals surface area contributed by atoms with Gasteiger partial charge in [-0.1, -0.05) is 0 Å². The van der Waals surface area contributed by atoms with Crippen LogP contribution in [0.25, 0.3) is 0 Å². The van der Waals surface area contributed by atoms with E-state index >= 15 is 0 Å². The minimum Gasteiger partial charge on any atom is -0.504 e. The van der Waals surface area contributed by atoms with Crippen LogP contribution in [0, 0.1) is 20.8 Å². The van der Waals surface area contributed by atoms with E-state index in [0.29, 0.717) is 11.1 Å². The van der Waals surface area contributed by atoms with Gasteiger partial charge in [-0.05, 0) is 44.4 Å². The number of phenols is 2. The van der Waals surface area contributed by atoms with Gasteiger partial charge >= 0.3 is 5.97 Å². The van der Waals surface area contributed by atoms with Gasteiger partial charge < -0.3 is 10.2 Å². The fourth-order valence-corrected chi connectivity index (χ4v) is 1.52. The molecule has 5 nitrogen and oxygen atoms in total. The largest absolute Gasteiger partial charge is 0.504 e. The molecule has 0 atom stereocenters. The van der Waals surface area contributed by atoms with Crippen LogP contribution in [0.1, 0.15) is 34.0 Å². The van der Waals surface area contributed by atoms with Crippen molar-refractivity contribution in [3.8, 4) is 11.5 Å². The van der Waals surface area contributed by atoms with Crippen molar-refractivity contribution in [2.45, 2.75) is 27.7 Å². The van der Waals surface area contributed by atoms with Crippen molar-refractivity contribution < 1.29 is 24.8 Å². The lowest BCUT2D eigenvalue weighted by atomic mass is 9.96. The lowest BCUT2D eigenvalue weighted by molar-refractivity contribution is -0.237. The van der Waals surface area contributed by atoms with E-state index in [1.165, 1.54) is 0 Å². The molecule has 0 bridgehead atoms. The quantitative estimate of drug-likeness (QED) is 0.481. The van der Waals surface area contributed by atoms with Crippen LogP contribution in [0.5, 0.6) is 11.5 Å². The minimum atomic E-state index is -0.819. The SMILES string of the molecule is CCOOC(=O)c1c(C)c(C)c(C)c(O)c1O. The molecule has 0 aliphatic rings. The van der Waals surface area contributed by atoms with Gasteiger partial charge in [-0.3, -0.25) is 4.89 Å². The molecule has 1 aromatic carbocycles. The summed E-state index contributed by atoms with van der Waals surface area (Å²) in [5.74, 6) is -1.60. The summed E-state index contributed by atoms with van der Waals surface area (Å²) in [4.78, 5) is 20.6. The number of benzene rings is 1. The molecule has 0 spiro atoms. The van der Waals surface area contributed by atoms with Crippen molar-refractivity contribution in [3.63, 3.8) is 0 Å². The molecule has 94 valence electrons. The number of hydrogen-bond donors (Lipinski definition) is 2. The van der Waals surface area contributed by atoms with Crippen LogP contribution in [0.4, 0.5) is 0 Å². The highest BCUT2D eigenvalue weighted by atomic mass is 17.2. The molecular weight excluding hydrogens is 224 g/mol. The second kappa shape index (κ2) is 5.05. The second-order valence-corrected chi connectivity index (χ2v) is 3.72. The van der Waals surface area contributed by atoms with Gasteiger partial charge in [0.1, 0.15) is 5.56 Å². The van der Waals surface area contributed by atoms with Gasteiger partial charge in [0, 0.05) is 0 Å². The second-order valence-electron chi connectivity index (χ2n) is 3.72. The Morgan fingerprint density at radius 1 is 1.06 bits per heavy atom. The van der Waals surface area contributed by atoms with E-state index in [1.807, 2.05) is 0 Å². The van der Waals surface area contributed by atoms with Gasteiger partial charge in [0.15, 0.2) is 11.5 Å². The summed E-state index contributed by atoms with van der Waals surface area (Å²) in [5.41, 5.74) is 1.75. The summed E-state index contributed by atoms with van der Waals surface area (Å²) in [6.45, 7) is 6.96. The maximum absolute atomic E-state index is 11.6. The van der Waals surface area contributed by atoms with Crippen LogP contribution in [0.15, 0.2) is 0 Å². The van der Waals surface area contributed by atoms with E-state index < -0.39 is 11.7 Å². The highest BCUT2D eigenvalue weighted by Crippen LogP contribution is 2.37. The molecule has 0 heterocycles. The molecule has 0 aliphatic carbocycles. The molecule has 1 rings (SSSR count). The van der Waals surface area contributed by atoms with E-state index in [0.717, 1.165) is 5.56 Å². The molecule has 0 amide bonds. The predicted molar refractivity (Wildman–Crippen MR) is 61.0 cm³/mol. The molecule has 0 saturated carbocycles. The Hall–Kier alpha value is -1.75. The number of aromatic hydroxyl groups is 2. The van der Waals surface area contributed by atoms with Crippen LogP contribution in [0.3, 0.4) is 0 Å². The lowest BCUT2D eigenvalue weighted by Crippen LogP contribution is -2.10. The molecule has 0 aliphatic heterocycles. The van der Waals surface area contributed by atoms with Crippen molar-refractivity contribution in [3.05, 3.63) is 22.3 Å². The monoisotopic (exact) mass is 240 g/mol. The van der Waals surface area contributed by atoms with Crippen LogP contribution >= 0.6 is 0 Å². The summed E-state index contributed by atoms with van der Waals surface area (Å²) in [6, 6.07) is 0. The molecule has 0 radical (unpaired) electrons. The first-order valence-corrected chi connectivity index (χ1v) is 5.27. The zero-order chi connectivity index (χ0) is 13.2. The van der Waals surface area contributed by atoms with Crippen molar-refractivity contribution in [1.82, 2.24) is 0 Å². The van der Waals surface area contributed by atoms with E-state index in [-0.39, 0.29) is 17.9 Å². The van der Waals surface area contributed by atoms with Gasteiger partial charge in [0.25, 0.3) is 0 Å². The average molecular weight is 240 g/mol. The van der Waals surface area contributed by atoms with Crippen molar-refractivity contribution >= 4 is 5.97 Å². The normalized spacial score (nSPS) is 10.4. The Kier molecular flexibility index (Phi) is 3.96. The first kappa shape index (κ1) is 13.3. The van der Waals surface area contributed by atoms with Gasteiger partial charge in [-0.2, -0.15) is 4.89 Å². The number of phenolic OH excluding ortho intramolecular Hbond substituents is 2. The summed E-state index contributed by atoms with van der Waals surface area (Å²) in [6.07, 6.45) is 0. The minimum absolute atomic E-state index is 0.0703. The van der Waals surface area contributed by atoms with Crippen LogP contribution in [-0.2, 0) is 9.78 Å². The zero-order valence-corrected chi connectivity index (χ0v) is 10.3. The van der Waals surface area contributed by atoms with Crippen molar-refractivity contribution in [1.29, 1.82) is 0 Å². The Labute approximate surface area is 99.5 Å². The number of carbonyl (C=O) groups excluding carboxylic acids is 1. The fraction of sp³-hybridized carbons (Fsp3) is 0.417. The smallest absolute Gasteiger partial charge is 0.377 e. The average Bonchev–Trinajstić information content (AvgIpc) is 2.31. The Morgan fingerprint density at radius 2 is 1.65 bits per heavy atom. The van der Waals surface area contributed by atoms with E-state index in [1.54, 1.807) is 27.7 Å². The van der Waals surface area contributed by atoms with Gasteiger partial charge in [-0.25, -0.2) is 4.79 Å². The fourth-order valence-electron chi connectivity index (χ4n) is 1.52. The molecule has 0 unspecified atom stereocenters. The first-order valence-electron chi connectivity index (χ1n) is 5.27. The van der Waals surface area contributed by atoms with Crippen molar-refractivity contribution in [2.24, 2.45) is 0 Å². The van der Waals surface area contributed by atoms with Gasteiger partial charge in [0.2, 0.25) is 0 Å². The molecule has 0 saturated heterocycles. The molecular formula is C12H16O5. The molecule has 0 fully saturated rings. The molecule has 2 N–H and O–H groups in total. The topological polar surface area (TPSA) is 76.0 Å². The van der Waals surface area contributed by atoms with Crippen molar-refractivity contribution in [2.75, 3.05) is 6.61 Å². The zero-order valence-electron chi connectivity index (χ0n) is 10.3. The molecule has 0 aromatic heterocycles. The van der Waals surface area contributed by atoms with Gasteiger partial charge in [-0.15, -0.1) is 0 Å². The maximum atomic E-state index is 11.6. The summed E-state index contributed by atoms with van der Waals surface area (Å²) >= 11 is 0. The summed E-state index contributed by atoms with van der Waals surface area (Å²) in [5, 5.41) is 19.4. The highest BCUT2D eigenvalue weighted by molar-refractivity contribution is 5.95. The van der Waals surface area contributed by atoms with Gasteiger partial charge in [0.05, 0.1) is 6.61 Å². The molecule has 5 heteroatoms. The standard InChI is InChI=1S/C12H16O5/c1-5-16-17-12(15)9-7(3)6(2)8(4)10(13)11(9)14/h13-14H,5H2,1-4H3. The molecule has 17 heavy (non-hydrogen) atoms. The third-order valence-corrected chi connectivity index (χ3v) is 2.77. The Balaban J connectivity index is 3.29. The predicted octanol–water partition coefficient (Wildman–Crippen LogP) is 2.13. The number of hydrogen-bond acceptors (Lipinski definition) is 5. The van der Waals surface area contributed by atoms with E-state index in [4.69, 9.17) is 0 Å². The maximum Gasteiger partial charge on any atom is 0.377 e. The van der Waals surface area contributed by atoms with Crippen LogP contribution < -0.4 is 0 Å². The number of rotatable bonds is 3. The Morgan fingerprint density at radius 3 is 2.18 bits per heavy atom. The highest BCUT2D eigenvalue weighted by Gasteiger charge is 2.23. The summed E-state index contributed by atoms with van der Waals surface area (Å²) in [7, 11) is 0. The van der Waals surface area contributed by atoms with Crippen LogP contribution in [-0.4, -0.2) is 22.8 Å². The van der Waals surface area contributed by atoms with E-state index in [9.17, 15) is 15.0 Å².